The summed E-state index contributed by atoms with van der Waals surface area (Å²) >= 11 is 3.24. The van der Waals surface area contributed by atoms with Crippen LogP contribution in [0.2, 0.25) is 0 Å². The van der Waals surface area contributed by atoms with Crippen LogP contribution in [-0.2, 0) is 4.74 Å². The van der Waals surface area contributed by atoms with Gasteiger partial charge in [-0.25, -0.2) is 9.78 Å². The van der Waals surface area contributed by atoms with E-state index >= 15 is 0 Å². The zero-order valence-corrected chi connectivity index (χ0v) is 13.9. The zero-order valence-electron chi connectivity index (χ0n) is 12.3. The van der Waals surface area contributed by atoms with E-state index in [2.05, 4.69) is 20.9 Å². The minimum atomic E-state index is -0.511. The molecule has 7 heteroatoms. The van der Waals surface area contributed by atoms with Gasteiger partial charge < -0.3 is 21.1 Å². The summed E-state index contributed by atoms with van der Waals surface area (Å²) in [6.45, 7) is 6.44. The first-order valence-electron chi connectivity index (χ1n) is 6.56. The van der Waals surface area contributed by atoms with E-state index in [1.165, 1.54) is 0 Å². The highest BCUT2D eigenvalue weighted by molar-refractivity contribution is 9.10. The number of halogens is 1. The maximum Gasteiger partial charge on any atom is 0.410 e. The summed E-state index contributed by atoms with van der Waals surface area (Å²) in [6, 6.07) is 0. The highest BCUT2D eigenvalue weighted by atomic mass is 79.9. The van der Waals surface area contributed by atoms with Gasteiger partial charge in [-0.3, -0.25) is 0 Å². The molecule has 1 aliphatic rings. The third-order valence-electron chi connectivity index (χ3n) is 3.03. The first-order valence-corrected chi connectivity index (χ1v) is 7.35. The number of rotatable bonds is 1. The Hall–Kier alpha value is -1.76. The second kappa shape index (κ2) is 5.55. The molecule has 6 nitrogen and oxygen atoms in total. The van der Waals surface area contributed by atoms with Gasteiger partial charge in [-0.2, -0.15) is 0 Å². The maximum atomic E-state index is 12.0. The molecule has 1 aliphatic heterocycles. The third-order valence-corrected chi connectivity index (χ3v) is 3.66. The lowest BCUT2D eigenvalue weighted by molar-refractivity contribution is 0.0306. The van der Waals surface area contributed by atoms with E-state index < -0.39 is 5.60 Å². The topological polar surface area (TPSA) is 94.5 Å². The van der Waals surface area contributed by atoms with Gasteiger partial charge in [0.25, 0.3) is 0 Å². The molecule has 0 saturated carbocycles. The number of carbonyl (C=O) groups excluding carboxylic acids is 1. The fraction of sp³-hybridized carbons (Fsp3) is 0.429. The van der Waals surface area contributed by atoms with E-state index in [9.17, 15) is 4.79 Å². The van der Waals surface area contributed by atoms with Gasteiger partial charge in [-0.15, -0.1) is 0 Å². The summed E-state index contributed by atoms with van der Waals surface area (Å²) in [5.41, 5.74) is 13.9. The molecule has 0 saturated heterocycles. The smallest absolute Gasteiger partial charge is 0.410 e. The molecule has 0 aliphatic carbocycles. The Kier molecular flexibility index (Phi) is 4.13. The SMILES string of the molecule is CC(C)(C)OC(=O)N1CC=C(c2cnc(Br)c(N)c2N)C1. The molecule has 1 amide bonds. The highest BCUT2D eigenvalue weighted by Crippen LogP contribution is 2.32. The number of hydrogen-bond acceptors (Lipinski definition) is 5. The van der Waals surface area contributed by atoms with Crippen LogP contribution >= 0.6 is 15.9 Å². The maximum absolute atomic E-state index is 12.0. The number of ether oxygens (including phenoxy) is 1. The van der Waals surface area contributed by atoms with Crippen LogP contribution in [0.1, 0.15) is 26.3 Å². The molecule has 2 heterocycles. The van der Waals surface area contributed by atoms with Crippen molar-refractivity contribution < 1.29 is 9.53 Å². The van der Waals surface area contributed by atoms with Crippen LogP contribution in [0.4, 0.5) is 16.2 Å². The molecule has 0 fully saturated rings. The minimum absolute atomic E-state index is 0.342. The summed E-state index contributed by atoms with van der Waals surface area (Å²) in [7, 11) is 0. The van der Waals surface area contributed by atoms with Gasteiger partial charge in [-0.05, 0) is 42.3 Å². The first-order chi connectivity index (χ1) is 9.69. The fourth-order valence-corrected chi connectivity index (χ4v) is 2.30. The second-order valence-electron chi connectivity index (χ2n) is 5.88. The van der Waals surface area contributed by atoms with Gasteiger partial charge in [0.2, 0.25) is 0 Å². The monoisotopic (exact) mass is 354 g/mol. The van der Waals surface area contributed by atoms with Crippen molar-refractivity contribution in [3.63, 3.8) is 0 Å². The van der Waals surface area contributed by atoms with E-state index in [-0.39, 0.29) is 6.09 Å². The molecule has 1 aromatic rings. The van der Waals surface area contributed by atoms with Crippen molar-refractivity contribution in [1.82, 2.24) is 9.88 Å². The Bertz CT molecular complexity index is 608. The summed E-state index contributed by atoms with van der Waals surface area (Å²) in [6.07, 6.45) is 3.25. The molecule has 0 aromatic carbocycles. The molecular formula is C14H19BrN4O2. The van der Waals surface area contributed by atoms with Crippen molar-refractivity contribution in [3.05, 3.63) is 22.4 Å². The van der Waals surface area contributed by atoms with Crippen LogP contribution in [0.5, 0.6) is 0 Å². The molecule has 114 valence electrons. The van der Waals surface area contributed by atoms with Crippen molar-refractivity contribution in [3.8, 4) is 0 Å². The van der Waals surface area contributed by atoms with E-state index in [1.54, 1.807) is 11.1 Å². The lowest BCUT2D eigenvalue weighted by Gasteiger charge is -2.24. The number of amides is 1. The van der Waals surface area contributed by atoms with Crippen molar-refractivity contribution in [1.29, 1.82) is 0 Å². The molecular weight excluding hydrogens is 336 g/mol. The number of nitrogens with two attached hydrogens (primary N) is 2. The number of carbonyl (C=O) groups is 1. The van der Waals surface area contributed by atoms with Crippen molar-refractivity contribution in [2.75, 3.05) is 24.6 Å². The van der Waals surface area contributed by atoms with Crippen LogP contribution in [0.3, 0.4) is 0 Å². The summed E-state index contributed by atoms with van der Waals surface area (Å²) in [4.78, 5) is 17.8. The van der Waals surface area contributed by atoms with Crippen LogP contribution in [0, 0.1) is 0 Å². The molecule has 0 atom stereocenters. The minimum Gasteiger partial charge on any atom is -0.444 e. The fourth-order valence-electron chi connectivity index (χ4n) is 1.99. The van der Waals surface area contributed by atoms with Crippen molar-refractivity contribution in [2.45, 2.75) is 26.4 Å². The van der Waals surface area contributed by atoms with E-state index in [1.807, 2.05) is 26.8 Å². The zero-order chi connectivity index (χ0) is 15.8. The quantitative estimate of drug-likeness (QED) is 0.756. The number of nitrogens with zero attached hydrogens (tertiary/aromatic N) is 2. The van der Waals surface area contributed by atoms with Gasteiger partial charge in [0.1, 0.15) is 10.2 Å². The number of anilines is 2. The van der Waals surface area contributed by atoms with E-state index in [0.29, 0.717) is 29.1 Å². The number of hydrogen-bond donors (Lipinski definition) is 2. The van der Waals surface area contributed by atoms with E-state index in [4.69, 9.17) is 16.2 Å². The van der Waals surface area contributed by atoms with Crippen LogP contribution < -0.4 is 11.5 Å². The Balaban J connectivity index is 2.13. The van der Waals surface area contributed by atoms with Gasteiger partial charge in [0, 0.05) is 24.8 Å². The molecule has 0 unspecified atom stereocenters. The predicted molar refractivity (Wildman–Crippen MR) is 86.5 cm³/mol. The average Bonchev–Trinajstić information content (AvgIpc) is 2.83. The summed E-state index contributed by atoms with van der Waals surface area (Å²) in [5, 5.41) is 0. The number of aromatic nitrogens is 1. The van der Waals surface area contributed by atoms with Gasteiger partial charge in [0.05, 0.1) is 11.4 Å². The lowest BCUT2D eigenvalue weighted by Crippen LogP contribution is -2.35. The Morgan fingerprint density at radius 1 is 1.38 bits per heavy atom. The Morgan fingerprint density at radius 2 is 2.05 bits per heavy atom. The normalized spacial score (nSPS) is 15.0. The predicted octanol–water partition coefficient (Wildman–Crippen LogP) is 2.64. The molecule has 1 aromatic heterocycles. The largest absolute Gasteiger partial charge is 0.444 e. The number of pyridine rings is 1. The van der Waals surface area contributed by atoms with Gasteiger partial charge >= 0.3 is 6.09 Å². The van der Waals surface area contributed by atoms with Gasteiger partial charge in [0.15, 0.2) is 0 Å². The summed E-state index contributed by atoms with van der Waals surface area (Å²) < 4.78 is 5.87. The van der Waals surface area contributed by atoms with Crippen LogP contribution in [0.25, 0.3) is 5.57 Å². The molecule has 0 bridgehead atoms. The Labute approximate surface area is 132 Å². The molecule has 0 radical (unpaired) electrons. The Morgan fingerprint density at radius 3 is 2.67 bits per heavy atom. The van der Waals surface area contributed by atoms with Crippen LogP contribution in [0.15, 0.2) is 16.9 Å². The lowest BCUT2D eigenvalue weighted by atomic mass is 10.1. The molecule has 4 N–H and O–H groups in total. The standard InChI is InChI=1S/C14H19BrN4O2/c1-14(2,3)21-13(20)19-5-4-8(7-19)9-6-18-12(15)11(17)10(9)16/h4,6H,5,7,17H2,1-3H3,(H2,16,18). The number of nitrogen functional groups attached to an aromatic ring is 2. The molecule has 0 spiro atoms. The van der Waals surface area contributed by atoms with E-state index in [0.717, 1.165) is 11.1 Å². The average molecular weight is 355 g/mol. The van der Waals surface area contributed by atoms with Crippen molar-refractivity contribution >= 4 is 39.0 Å². The first kappa shape index (κ1) is 15.6. The molecule has 2 rings (SSSR count). The summed E-state index contributed by atoms with van der Waals surface area (Å²) in [5.74, 6) is 0. The highest BCUT2D eigenvalue weighted by Gasteiger charge is 2.26. The molecule has 21 heavy (non-hydrogen) atoms. The van der Waals surface area contributed by atoms with Gasteiger partial charge in [-0.1, -0.05) is 6.08 Å². The second-order valence-corrected chi connectivity index (χ2v) is 6.63. The van der Waals surface area contributed by atoms with Crippen LogP contribution in [-0.4, -0.2) is 34.7 Å². The van der Waals surface area contributed by atoms with Crippen molar-refractivity contribution in [2.24, 2.45) is 0 Å². The third kappa shape index (κ3) is 3.47.